The lowest BCUT2D eigenvalue weighted by Crippen LogP contribution is -2.27. The molecule has 45 heavy (non-hydrogen) atoms. The number of nitrogens with one attached hydrogen (secondary N) is 1. The highest BCUT2D eigenvalue weighted by Gasteiger charge is 2.36. The van der Waals surface area contributed by atoms with Crippen LogP contribution in [0.2, 0.25) is 0 Å². The van der Waals surface area contributed by atoms with Crippen molar-refractivity contribution in [3.05, 3.63) is 95.3 Å². The smallest absolute Gasteiger partial charge is 0.406 e. The number of ketones is 1. The highest BCUT2D eigenvalue weighted by atomic mass is 32.2. The average molecular weight is 636 g/mol. The minimum atomic E-state index is -4.76. The summed E-state index contributed by atoms with van der Waals surface area (Å²) in [5, 5.41) is 7.94. The van der Waals surface area contributed by atoms with Crippen molar-refractivity contribution >= 4 is 28.6 Å². The molecule has 0 radical (unpaired) electrons. The van der Waals surface area contributed by atoms with E-state index in [1.54, 1.807) is 0 Å². The molecule has 1 aliphatic heterocycles. The van der Waals surface area contributed by atoms with E-state index in [0.29, 0.717) is 23.0 Å². The molecule has 1 aromatic heterocycles. The predicted octanol–water partition coefficient (Wildman–Crippen LogP) is 7.92. The molecule has 1 saturated heterocycles. The first-order valence-electron chi connectivity index (χ1n) is 14.4. The first-order valence-corrected chi connectivity index (χ1v) is 15.4. The Kier molecular flexibility index (Phi) is 9.42. The molecule has 2 amide bonds. The zero-order valence-electron chi connectivity index (χ0n) is 25.1. The van der Waals surface area contributed by atoms with Crippen molar-refractivity contribution < 1.29 is 27.5 Å². The maximum absolute atomic E-state index is 13.1. The van der Waals surface area contributed by atoms with Gasteiger partial charge in [-0.15, -0.1) is 30.0 Å². The van der Waals surface area contributed by atoms with Crippen LogP contribution in [0.1, 0.15) is 67.3 Å². The summed E-state index contributed by atoms with van der Waals surface area (Å²) >= 11 is 1.31. The molecular weight excluding hydrogens is 603 g/mol. The third-order valence-electron chi connectivity index (χ3n) is 7.42. The molecule has 4 aromatic rings. The van der Waals surface area contributed by atoms with Gasteiger partial charge in [-0.05, 0) is 60.2 Å². The van der Waals surface area contributed by atoms with Gasteiger partial charge in [0, 0.05) is 5.56 Å². The molecular formula is C33H32F3N5O3S. The van der Waals surface area contributed by atoms with Crippen molar-refractivity contribution in [1.29, 1.82) is 0 Å². The van der Waals surface area contributed by atoms with Gasteiger partial charge in [0.2, 0.25) is 0 Å². The van der Waals surface area contributed by atoms with Gasteiger partial charge in [-0.2, -0.15) is 4.99 Å². The van der Waals surface area contributed by atoms with Crippen LogP contribution in [0.15, 0.2) is 78.0 Å². The number of alkyl halides is 3. The van der Waals surface area contributed by atoms with E-state index in [1.165, 1.54) is 47.0 Å². The van der Waals surface area contributed by atoms with Gasteiger partial charge in [0.25, 0.3) is 0 Å². The van der Waals surface area contributed by atoms with Crippen LogP contribution in [0.5, 0.6) is 5.75 Å². The Morgan fingerprint density at radius 3 is 2.47 bits per heavy atom. The molecule has 2 heterocycles. The van der Waals surface area contributed by atoms with E-state index >= 15 is 0 Å². The molecule has 0 bridgehead atoms. The molecule has 1 N–H and O–H groups in total. The topological polar surface area (TPSA) is 98.5 Å². The number of thioether (sulfide) groups is 1. The number of carbonyl (C=O) groups excluding carboxylic acids is 2. The maximum Gasteiger partial charge on any atom is 0.573 e. The number of urea groups is 1. The average Bonchev–Trinajstić information content (AvgIpc) is 3.62. The summed E-state index contributed by atoms with van der Waals surface area (Å²) in [5.41, 5.74) is 5.14. The Labute approximate surface area is 263 Å². The molecule has 2 atom stereocenters. The quantitative estimate of drug-likeness (QED) is 0.211. The molecule has 12 heteroatoms. The monoisotopic (exact) mass is 635 g/mol. The van der Waals surface area contributed by atoms with Gasteiger partial charge < -0.3 is 10.1 Å². The summed E-state index contributed by atoms with van der Waals surface area (Å²) in [6, 6.07) is 18.0. The van der Waals surface area contributed by atoms with Crippen LogP contribution in [-0.4, -0.2) is 43.7 Å². The number of Topliss-reactive ketones (excluding diaryl/α,β-unsaturated/α-hetero) is 1. The Balaban J connectivity index is 1.28. The fourth-order valence-corrected chi connectivity index (χ4v) is 6.24. The van der Waals surface area contributed by atoms with E-state index in [0.717, 1.165) is 27.8 Å². The minimum Gasteiger partial charge on any atom is -0.406 e. The molecule has 0 spiro atoms. The van der Waals surface area contributed by atoms with Crippen molar-refractivity contribution in [3.8, 4) is 22.8 Å². The van der Waals surface area contributed by atoms with Crippen LogP contribution in [0, 0.1) is 6.92 Å². The van der Waals surface area contributed by atoms with Gasteiger partial charge in [-0.3, -0.25) is 4.79 Å². The maximum atomic E-state index is 13.1. The third kappa shape index (κ3) is 7.62. The zero-order valence-corrected chi connectivity index (χ0v) is 25.9. The van der Waals surface area contributed by atoms with Gasteiger partial charge >= 0.3 is 12.4 Å². The molecule has 8 nitrogen and oxygen atoms in total. The molecule has 3 aromatic carbocycles. The summed E-state index contributed by atoms with van der Waals surface area (Å²) in [6.07, 6.45) is -2.68. The largest absolute Gasteiger partial charge is 0.573 e. The highest BCUT2D eigenvalue weighted by molar-refractivity contribution is 8.15. The second-order valence-electron chi connectivity index (χ2n) is 11.0. The number of hydrogen-bond donors (Lipinski definition) is 1. The lowest BCUT2D eigenvalue weighted by molar-refractivity contribution is -0.274. The van der Waals surface area contributed by atoms with Crippen LogP contribution in [0.3, 0.4) is 0 Å². The summed E-state index contributed by atoms with van der Waals surface area (Å²) < 4.78 is 42.7. The Morgan fingerprint density at radius 1 is 1.11 bits per heavy atom. The number of carbonyl (C=O) groups is 2. The Hall–Kier alpha value is -4.45. The van der Waals surface area contributed by atoms with Crippen molar-refractivity contribution in [2.45, 2.75) is 58.4 Å². The summed E-state index contributed by atoms with van der Waals surface area (Å²) in [4.78, 5) is 34.8. The fourth-order valence-electron chi connectivity index (χ4n) is 5.21. The zero-order chi connectivity index (χ0) is 32.3. The number of aliphatic imine (C=N–C) groups is 1. The number of rotatable bonds is 8. The van der Waals surface area contributed by atoms with Gasteiger partial charge in [-0.1, -0.05) is 68.8 Å². The first kappa shape index (κ1) is 32.0. The lowest BCUT2D eigenvalue weighted by Gasteiger charge is -2.19. The molecule has 0 saturated carbocycles. The van der Waals surface area contributed by atoms with Crippen LogP contribution >= 0.6 is 11.8 Å². The molecule has 0 aliphatic carbocycles. The van der Waals surface area contributed by atoms with Gasteiger partial charge in [0.15, 0.2) is 11.6 Å². The van der Waals surface area contributed by atoms with Crippen molar-refractivity contribution in [2.75, 3.05) is 5.75 Å². The molecule has 1 aliphatic rings. The van der Waals surface area contributed by atoms with E-state index in [4.69, 9.17) is 0 Å². The van der Waals surface area contributed by atoms with E-state index in [9.17, 15) is 22.8 Å². The molecule has 234 valence electrons. The van der Waals surface area contributed by atoms with Crippen molar-refractivity contribution in [3.63, 3.8) is 0 Å². The Bertz CT molecular complexity index is 1720. The molecule has 5 rings (SSSR count). The van der Waals surface area contributed by atoms with Gasteiger partial charge in [-0.25, -0.2) is 14.5 Å². The van der Waals surface area contributed by atoms with Crippen LogP contribution in [-0.2, 0) is 4.79 Å². The number of halogens is 3. The van der Waals surface area contributed by atoms with Crippen molar-refractivity contribution in [1.82, 2.24) is 20.1 Å². The van der Waals surface area contributed by atoms with E-state index in [-0.39, 0.29) is 29.2 Å². The summed E-state index contributed by atoms with van der Waals surface area (Å²) in [7, 11) is 0. The standard InChI is InChI=1S/C33H32F3N5O3S/c1-5-27(38-32(43)39-31-29(28(42)17-45-31)26-16-20(4)6-15-25(26)19(2)3)21-7-9-22(10-8-21)30-37-18-41(40-30)23-11-13-24(14-12-23)44-33(34,35)36/h6-16,18-19,27,29H,5,17H2,1-4H3,(H,38,43)/b39-31-. The first-order chi connectivity index (χ1) is 21.4. The SMILES string of the molecule is CCC(NC(=O)/N=C1\SCC(=O)C1c1cc(C)ccc1C(C)C)c1ccc(-c2ncn(-c3ccc(OC(F)(F)F)cc3)n2)cc1. The number of benzene rings is 3. The summed E-state index contributed by atoms with van der Waals surface area (Å²) in [6.45, 7) is 8.11. The van der Waals surface area contributed by atoms with E-state index in [1.807, 2.05) is 56.3 Å². The van der Waals surface area contributed by atoms with E-state index in [2.05, 4.69) is 39.0 Å². The van der Waals surface area contributed by atoms with Gasteiger partial charge in [0.1, 0.15) is 12.1 Å². The second-order valence-corrected chi connectivity index (χ2v) is 12.0. The molecule has 1 fully saturated rings. The Morgan fingerprint density at radius 2 is 1.82 bits per heavy atom. The number of hydrogen-bond acceptors (Lipinski definition) is 6. The number of ether oxygens (including phenoxy) is 1. The number of amides is 2. The van der Waals surface area contributed by atoms with Crippen LogP contribution in [0.25, 0.3) is 17.1 Å². The number of nitrogens with zero attached hydrogens (tertiary/aromatic N) is 4. The predicted molar refractivity (Wildman–Crippen MR) is 168 cm³/mol. The summed E-state index contributed by atoms with van der Waals surface area (Å²) in [5.74, 6) is 0.0991. The van der Waals surface area contributed by atoms with Crippen LogP contribution < -0.4 is 10.1 Å². The van der Waals surface area contributed by atoms with Crippen molar-refractivity contribution in [2.24, 2.45) is 4.99 Å². The fraction of sp³-hybridized carbons (Fsp3) is 0.303. The molecule has 2 unspecified atom stereocenters. The van der Waals surface area contributed by atoms with Gasteiger partial charge in [0.05, 0.1) is 28.4 Å². The number of aromatic nitrogens is 3. The third-order valence-corrected chi connectivity index (χ3v) is 8.47. The van der Waals surface area contributed by atoms with Crippen LogP contribution in [0.4, 0.5) is 18.0 Å². The number of aryl methyl sites for hydroxylation is 1. The van der Waals surface area contributed by atoms with E-state index < -0.39 is 18.3 Å². The second kappa shape index (κ2) is 13.3. The normalized spacial score (nSPS) is 16.8. The minimum absolute atomic E-state index is 0.0465. The highest BCUT2D eigenvalue weighted by Crippen LogP contribution is 2.37. The lowest BCUT2D eigenvalue weighted by atomic mass is 9.86.